The van der Waals surface area contributed by atoms with Crippen LogP contribution in [0.15, 0.2) is 36.4 Å². The van der Waals surface area contributed by atoms with E-state index in [2.05, 4.69) is 48.6 Å². The van der Waals surface area contributed by atoms with Crippen LogP contribution < -0.4 is 10.1 Å². The Kier molecular flexibility index (Phi) is 4.13. The summed E-state index contributed by atoms with van der Waals surface area (Å²) in [4.78, 5) is 0. The molecule has 0 bridgehead atoms. The van der Waals surface area contributed by atoms with Gasteiger partial charge >= 0.3 is 0 Å². The zero-order valence-corrected chi connectivity index (χ0v) is 12.9. The molecule has 1 saturated heterocycles. The predicted octanol–water partition coefficient (Wildman–Crippen LogP) is 3.68. The summed E-state index contributed by atoms with van der Waals surface area (Å²) in [5, 5.41) is 5.84. The van der Waals surface area contributed by atoms with Crippen LogP contribution in [0, 0.1) is 0 Å². The average Bonchev–Trinajstić information content (AvgIpc) is 2.94. The van der Waals surface area contributed by atoms with Gasteiger partial charge in [-0.15, -0.1) is 0 Å². The predicted molar refractivity (Wildman–Crippen MR) is 85.9 cm³/mol. The van der Waals surface area contributed by atoms with Crippen LogP contribution in [0.3, 0.4) is 0 Å². The van der Waals surface area contributed by atoms with Gasteiger partial charge in [0.1, 0.15) is 5.75 Å². The van der Waals surface area contributed by atoms with Crippen molar-refractivity contribution in [3.8, 4) is 5.75 Å². The van der Waals surface area contributed by atoms with E-state index in [9.17, 15) is 0 Å². The average molecular weight is 285 g/mol. The van der Waals surface area contributed by atoms with E-state index in [1.54, 1.807) is 7.11 Å². The summed E-state index contributed by atoms with van der Waals surface area (Å²) < 4.78 is 11.6. The molecule has 3 heteroatoms. The van der Waals surface area contributed by atoms with Gasteiger partial charge in [0.25, 0.3) is 0 Å². The first-order valence-corrected chi connectivity index (χ1v) is 7.63. The molecule has 2 aromatic rings. The van der Waals surface area contributed by atoms with E-state index in [1.165, 1.54) is 10.9 Å². The molecule has 3 atom stereocenters. The van der Waals surface area contributed by atoms with Gasteiger partial charge in [-0.25, -0.2) is 0 Å². The van der Waals surface area contributed by atoms with Gasteiger partial charge in [0, 0.05) is 5.39 Å². The first-order valence-electron chi connectivity index (χ1n) is 7.63. The van der Waals surface area contributed by atoms with Crippen LogP contribution in [0.1, 0.15) is 31.4 Å². The molecule has 3 unspecified atom stereocenters. The Balaban J connectivity index is 2.06. The molecule has 0 aliphatic carbocycles. The highest BCUT2D eigenvalue weighted by Gasteiger charge is 2.30. The van der Waals surface area contributed by atoms with E-state index in [-0.39, 0.29) is 12.1 Å². The number of likely N-dealkylation sites (N-methyl/N-ethyl adjacent to an activating group) is 1. The minimum absolute atomic E-state index is 0.214. The molecule has 1 aliphatic rings. The number of hydrogen-bond donors (Lipinski definition) is 1. The first kappa shape index (κ1) is 14.4. The van der Waals surface area contributed by atoms with Gasteiger partial charge in [-0.05, 0) is 43.8 Å². The van der Waals surface area contributed by atoms with Crippen molar-refractivity contribution in [3.05, 3.63) is 42.0 Å². The van der Waals surface area contributed by atoms with Gasteiger partial charge in [-0.3, -0.25) is 0 Å². The van der Waals surface area contributed by atoms with Crippen molar-refractivity contribution in [2.24, 2.45) is 0 Å². The SMILES string of the molecule is CNC(c1ccc(OC)c2ccccc12)C1CCC(C)O1. The third kappa shape index (κ3) is 2.63. The molecular formula is C18H23NO2. The van der Waals surface area contributed by atoms with Gasteiger partial charge in [0.05, 0.1) is 25.4 Å². The Bertz CT molecular complexity index is 626. The number of hydrogen-bond acceptors (Lipinski definition) is 3. The van der Waals surface area contributed by atoms with Gasteiger partial charge < -0.3 is 14.8 Å². The van der Waals surface area contributed by atoms with Gasteiger partial charge in [-0.2, -0.15) is 0 Å². The van der Waals surface area contributed by atoms with Crippen LogP contribution in [0.5, 0.6) is 5.75 Å². The third-order valence-corrected chi connectivity index (χ3v) is 4.42. The van der Waals surface area contributed by atoms with E-state index >= 15 is 0 Å². The fraction of sp³-hybridized carbons (Fsp3) is 0.444. The van der Waals surface area contributed by atoms with Crippen LogP contribution in [0.4, 0.5) is 0 Å². The smallest absolute Gasteiger partial charge is 0.126 e. The Labute approximate surface area is 126 Å². The van der Waals surface area contributed by atoms with Gasteiger partial charge in [0.15, 0.2) is 0 Å². The maximum absolute atomic E-state index is 6.08. The Morgan fingerprint density at radius 2 is 1.90 bits per heavy atom. The minimum atomic E-state index is 0.214. The molecule has 2 aromatic carbocycles. The van der Waals surface area contributed by atoms with Crippen molar-refractivity contribution in [1.82, 2.24) is 5.32 Å². The fourth-order valence-electron chi connectivity index (χ4n) is 3.36. The van der Waals surface area contributed by atoms with E-state index in [0.29, 0.717) is 6.10 Å². The molecule has 3 rings (SSSR count). The van der Waals surface area contributed by atoms with Crippen LogP contribution >= 0.6 is 0 Å². The van der Waals surface area contributed by atoms with Crippen molar-refractivity contribution in [3.63, 3.8) is 0 Å². The number of nitrogens with one attached hydrogen (secondary N) is 1. The van der Waals surface area contributed by atoms with Crippen molar-refractivity contribution >= 4 is 10.8 Å². The molecule has 0 amide bonds. The number of rotatable bonds is 4. The summed E-state index contributed by atoms with van der Waals surface area (Å²) in [5.41, 5.74) is 1.29. The molecule has 1 N–H and O–H groups in total. The molecule has 0 radical (unpaired) electrons. The standard InChI is InChI=1S/C18H23NO2/c1-12-8-10-17(21-12)18(19-2)15-9-11-16(20-3)14-7-5-4-6-13(14)15/h4-7,9,11-12,17-19H,8,10H2,1-3H3. The Morgan fingerprint density at radius 3 is 2.52 bits per heavy atom. The Hall–Kier alpha value is -1.58. The minimum Gasteiger partial charge on any atom is -0.496 e. The van der Waals surface area contributed by atoms with Crippen LogP contribution in [0.25, 0.3) is 10.8 Å². The highest BCUT2D eigenvalue weighted by Crippen LogP contribution is 2.36. The zero-order valence-electron chi connectivity index (χ0n) is 12.9. The molecule has 1 fully saturated rings. The van der Waals surface area contributed by atoms with Crippen LogP contribution in [0.2, 0.25) is 0 Å². The van der Waals surface area contributed by atoms with Crippen molar-refractivity contribution in [1.29, 1.82) is 0 Å². The normalized spacial score (nSPS) is 23.4. The van der Waals surface area contributed by atoms with E-state index in [4.69, 9.17) is 9.47 Å². The highest BCUT2D eigenvalue weighted by atomic mass is 16.5. The summed E-state index contributed by atoms with van der Waals surface area (Å²) >= 11 is 0. The second-order valence-electron chi connectivity index (χ2n) is 5.73. The van der Waals surface area contributed by atoms with Gasteiger partial charge in [0.2, 0.25) is 0 Å². The molecule has 0 spiro atoms. The summed E-state index contributed by atoms with van der Waals surface area (Å²) in [7, 11) is 3.73. The van der Waals surface area contributed by atoms with E-state index < -0.39 is 0 Å². The van der Waals surface area contributed by atoms with Crippen LogP contribution in [-0.2, 0) is 4.74 Å². The lowest BCUT2D eigenvalue weighted by atomic mass is 9.93. The quantitative estimate of drug-likeness (QED) is 0.929. The second-order valence-corrected chi connectivity index (χ2v) is 5.73. The van der Waals surface area contributed by atoms with Gasteiger partial charge in [-0.1, -0.05) is 30.3 Å². The largest absolute Gasteiger partial charge is 0.496 e. The third-order valence-electron chi connectivity index (χ3n) is 4.42. The fourth-order valence-corrected chi connectivity index (χ4v) is 3.36. The molecule has 0 saturated carbocycles. The number of fused-ring (bicyclic) bond motifs is 1. The summed E-state index contributed by atoms with van der Waals surface area (Å²) in [5.74, 6) is 0.921. The highest BCUT2D eigenvalue weighted by molar-refractivity contribution is 5.91. The number of benzene rings is 2. The summed E-state index contributed by atoms with van der Waals surface area (Å²) in [6.07, 6.45) is 2.83. The van der Waals surface area contributed by atoms with E-state index in [1.807, 2.05) is 7.05 Å². The van der Waals surface area contributed by atoms with Crippen LogP contribution in [-0.4, -0.2) is 26.4 Å². The van der Waals surface area contributed by atoms with Crippen molar-refractivity contribution in [2.45, 2.75) is 38.0 Å². The number of methoxy groups -OCH3 is 1. The first-order chi connectivity index (χ1) is 10.2. The monoisotopic (exact) mass is 285 g/mol. The molecule has 112 valence electrons. The Morgan fingerprint density at radius 1 is 1.14 bits per heavy atom. The van der Waals surface area contributed by atoms with Crippen molar-refractivity contribution < 1.29 is 9.47 Å². The molecule has 3 nitrogen and oxygen atoms in total. The molecule has 1 aliphatic heterocycles. The zero-order chi connectivity index (χ0) is 14.8. The maximum Gasteiger partial charge on any atom is 0.126 e. The number of ether oxygens (including phenoxy) is 2. The topological polar surface area (TPSA) is 30.5 Å². The summed E-state index contributed by atoms with van der Waals surface area (Å²) in [6, 6.07) is 12.8. The van der Waals surface area contributed by atoms with Crippen molar-refractivity contribution in [2.75, 3.05) is 14.2 Å². The maximum atomic E-state index is 6.08. The second kappa shape index (κ2) is 6.04. The lowest BCUT2D eigenvalue weighted by Crippen LogP contribution is -2.29. The molecular weight excluding hydrogens is 262 g/mol. The summed E-state index contributed by atoms with van der Waals surface area (Å²) in [6.45, 7) is 2.15. The molecule has 21 heavy (non-hydrogen) atoms. The lowest BCUT2D eigenvalue weighted by molar-refractivity contribution is 0.0336. The van der Waals surface area contributed by atoms with E-state index in [0.717, 1.165) is 24.0 Å². The molecule has 1 heterocycles. The lowest BCUT2D eigenvalue weighted by Gasteiger charge is -2.25. The molecule has 0 aromatic heterocycles.